The normalized spacial score (nSPS) is 20.8. The van der Waals surface area contributed by atoms with E-state index in [4.69, 9.17) is 9.79 Å². The number of phosphoric ester groups is 1. The van der Waals surface area contributed by atoms with Gasteiger partial charge in [-0.15, -0.1) is 0 Å². The van der Waals surface area contributed by atoms with Gasteiger partial charge >= 0.3 is 13.8 Å². The largest absolute Gasteiger partial charge is 0.469 e. The lowest BCUT2D eigenvalue weighted by molar-refractivity contribution is -0.145. The highest BCUT2D eigenvalue weighted by molar-refractivity contribution is 7.46. The number of hydrogen-bond acceptors (Lipinski definition) is 5. The summed E-state index contributed by atoms with van der Waals surface area (Å²) in [6.45, 7) is -0.0443. The SMILES string of the molecule is COC(=O)C1CC(=O)N(CCOP(=O)(O)O)C1. The molecular formula is C8H14NO7P. The van der Waals surface area contributed by atoms with E-state index in [1.807, 2.05) is 0 Å². The number of esters is 1. The second-order valence-corrected chi connectivity index (χ2v) is 4.83. The van der Waals surface area contributed by atoms with Crippen LogP contribution in [0.4, 0.5) is 0 Å². The Morgan fingerprint density at radius 1 is 1.59 bits per heavy atom. The molecule has 0 bridgehead atoms. The van der Waals surface area contributed by atoms with E-state index in [1.165, 1.54) is 12.0 Å². The van der Waals surface area contributed by atoms with E-state index < -0.39 is 19.7 Å². The van der Waals surface area contributed by atoms with Crippen LogP contribution in [0.15, 0.2) is 0 Å². The molecule has 0 spiro atoms. The van der Waals surface area contributed by atoms with E-state index in [0.717, 1.165) is 0 Å². The molecule has 0 saturated carbocycles. The first-order valence-electron chi connectivity index (χ1n) is 4.89. The van der Waals surface area contributed by atoms with Crippen molar-refractivity contribution in [1.29, 1.82) is 0 Å². The second kappa shape index (κ2) is 5.59. The summed E-state index contributed by atoms with van der Waals surface area (Å²) >= 11 is 0. The molecular weight excluding hydrogens is 253 g/mol. The molecule has 2 N–H and O–H groups in total. The molecule has 1 aliphatic rings. The third kappa shape index (κ3) is 4.43. The number of methoxy groups -OCH3 is 1. The summed E-state index contributed by atoms with van der Waals surface area (Å²) in [5.74, 6) is -1.23. The number of ether oxygens (including phenoxy) is 1. The number of amides is 1. The first-order valence-corrected chi connectivity index (χ1v) is 6.42. The molecule has 1 amide bonds. The van der Waals surface area contributed by atoms with E-state index in [-0.39, 0.29) is 32.0 Å². The Kier molecular flexibility index (Phi) is 4.64. The summed E-state index contributed by atoms with van der Waals surface area (Å²) in [5.41, 5.74) is 0. The molecule has 1 saturated heterocycles. The van der Waals surface area contributed by atoms with Gasteiger partial charge in [-0.1, -0.05) is 0 Å². The molecule has 1 fully saturated rings. The van der Waals surface area contributed by atoms with Crippen molar-refractivity contribution < 1.29 is 33.2 Å². The van der Waals surface area contributed by atoms with Gasteiger partial charge in [0.2, 0.25) is 5.91 Å². The number of carbonyl (C=O) groups is 2. The van der Waals surface area contributed by atoms with E-state index in [9.17, 15) is 14.2 Å². The third-order valence-corrected chi connectivity index (χ3v) is 2.89. The van der Waals surface area contributed by atoms with Crippen LogP contribution in [0, 0.1) is 5.92 Å². The highest BCUT2D eigenvalue weighted by Crippen LogP contribution is 2.35. The van der Waals surface area contributed by atoms with Crippen molar-refractivity contribution in [3.63, 3.8) is 0 Å². The molecule has 8 nitrogen and oxygen atoms in total. The van der Waals surface area contributed by atoms with Crippen LogP contribution in [0.5, 0.6) is 0 Å². The maximum absolute atomic E-state index is 11.4. The predicted octanol–water partition coefficient (Wildman–Crippen LogP) is -0.883. The minimum absolute atomic E-state index is 0.0391. The number of hydrogen-bond donors (Lipinski definition) is 2. The zero-order chi connectivity index (χ0) is 13.1. The average molecular weight is 267 g/mol. The summed E-state index contributed by atoms with van der Waals surface area (Å²) in [5, 5.41) is 0. The number of phosphoric acid groups is 1. The molecule has 1 heterocycles. The molecule has 9 heteroatoms. The standard InChI is InChI=1S/C8H14NO7P/c1-15-8(11)6-4-7(10)9(5-6)2-3-16-17(12,13)14/h6H,2-5H2,1H3,(H2,12,13,14). The second-order valence-electron chi connectivity index (χ2n) is 3.59. The first-order chi connectivity index (χ1) is 7.83. The Morgan fingerprint density at radius 2 is 2.24 bits per heavy atom. The third-order valence-electron chi connectivity index (χ3n) is 2.37. The molecule has 0 aromatic heterocycles. The van der Waals surface area contributed by atoms with Gasteiger partial charge in [0.05, 0.1) is 19.6 Å². The Bertz CT molecular complexity index is 352. The quantitative estimate of drug-likeness (QED) is 0.491. The molecule has 98 valence electrons. The number of nitrogens with zero attached hydrogens (tertiary/aromatic N) is 1. The van der Waals surface area contributed by atoms with Gasteiger partial charge in [-0.3, -0.25) is 14.1 Å². The van der Waals surface area contributed by atoms with Crippen molar-refractivity contribution in [3.05, 3.63) is 0 Å². The van der Waals surface area contributed by atoms with Gasteiger partial charge in [0.15, 0.2) is 0 Å². The van der Waals surface area contributed by atoms with Crippen molar-refractivity contribution in [3.8, 4) is 0 Å². The van der Waals surface area contributed by atoms with Gasteiger partial charge in [-0.25, -0.2) is 4.57 Å². The van der Waals surface area contributed by atoms with Crippen LogP contribution in [0.25, 0.3) is 0 Å². The fourth-order valence-electron chi connectivity index (χ4n) is 1.58. The van der Waals surface area contributed by atoms with Crippen LogP contribution in [0.1, 0.15) is 6.42 Å². The topological polar surface area (TPSA) is 113 Å². The molecule has 1 unspecified atom stereocenters. The molecule has 1 aliphatic heterocycles. The zero-order valence-electron chi connectivity index (χ0n) is 9.24. The molecule has 1 atom stereocenters. The van der Waals surface area contributed by atoms with Gasteiger partial charge in [0, 0.05) is 19.5 Å². The van der Waals surface area contributed by atoms with Crippen molar-refractivity contribution in [2.75, 3.05) is 26.8 Å². The highest BCUT2D eigenvalue weighted by atomic mass is 31.2. The fraction of sp³-hybridized carbons (Fsp3) is 0.750. The average Bonchev–Trinajstić information content (AvgIpc) is 2.57. The van der Waals surface area contributed by atoms with Crippen LogP contribution in [-0.2, 0) is 23.4 Å². The lowest BCUT2D eigenvalue weighted by Crippen LogP contribution is -2.29. The molecule has 1 rings (SSSR count). The van der Waals surface area contributed by atoms with Crippen molar-refractivity contribution in [2.24, 2.45) is 5.92 Å². The van der Waals surface area contributed by atoms with E-state index in [1.54, 1.807) is 0 Å². The van der Waals surface area contributed by atoms with Crippen LogP contribution in [0.2, 0.25) is 0 Å². The van der Waals surface area contributed by atoms with Crippen molar-refractivity contribution in [2.45, 2.75) is 6.42 Å². The summed E-state index contributed by atoms with van der Waals surface area (Å²) < 4.78 is 19.1. The van der Waals surface area contributed by atoms with Gasteiger partial charge in [-0.05, 0) is 0 Å². The number of carbonyl (C=O) groups excluding carboxylic acids is 2. The zero-order valence-corrected chi connectivity index (χ0v) is 10.1. The summed E-state index contributed by atoms with van der Waals surface area (Å²) in [6, 6.07) is 0. The maximum atomic E-state index is 11.4. The lowest BCUT2D eigenvalue weighted by Gasteiger charge is -2.16. The Hall–Kier alpha value is -0.950. The van der Waals surface area contributed by atoms with Crippen LogP contribution in [0.3, 0.4) is 0 Å². The smallest absolute Gasteiger partial charge is 0.469 e. The minimum Gasteiger partial charge on any atom is -0.469 e. The molecule has 0 aliphatic carbocycles. The fourth-order valence-corrected chi connectivity index (χ4v) is 1.90. The summed E-state index contributed by atoms with van der Waals surface area (Å²) in [6.07, 6.45) is 0.0581. The lowest BCUT2D eigenvalue weighted by atomic mass is 10.1. The Morgan fingerprint density at radius 3 is 2.76 bits per heavy atom. The summed E-state index contributed by atoms with van der Waals surface area (Å²) in [7, 11) is -3.27. The highest BCUT2D eigenvalue weighted by Gasteiger charge is 2.34. The van der Waals surface area contributed by atoms with Gasteiger partial charge in [0.25, 0.3) is 0 Å². The molecule has 17 heavy (non-hydrogen) atoms. The first kappa shape index (κ1) is 14.1. The van der Waals surface area contributed by atoms with Gasteiger partial charge in [0.1, 0.15) is 0 Å². The summed E-state index contributed by atoms with van der Waals surface area (Å²) in [4.78, 5) is 40.8. The Labute approximate surface area is 97.7 Å². The van der Waals surface area contributed by atoms with E-state index in [0.29, 0.717) is 0 Å². The molecule has 0 radical (unpaired) electrons. The van der Waals surface area contributed by atoms with Gasteiger partial charge < -0.3 is 19.4 Å². The van der Waals surface area contributed by atoms with Crippen LogP contribution in [-0.4, -0.2) is 53.4 Å². The van der Waals surface area contributed by atoms with E-state index >= 15 is 0 Å². The van der Waals surface area contributed by atoms with E-state index in [2.05, 4.69) is 9.26 Å². The minimum atomic E-state index is -4.51. The van der Waals surface area contributed by atoms with Gasteiger partial charge in [-0.2, -0.15) is 0 Å². The predicted molar refractivity (Wildman–Crippen MR) is 54.7 cm³/mol. The Balaban J connectivity index is 2.38. The molecule has 0 aromatic rings. The monoisotopic (exact) mass is 267 g/mol. The van der Waals surface area contributed by atoms with Crippen LogP contribution >= 0.6 is 7.82 Å². The number of rotatable bonds is 5. The van der Waals surface area contributed by atoms with Crippen LogP contribution < -0.4 is 0 Å². The van der Waals surface area contributed by atoms with Crippen molar-refractivity contribution in [1.82, 2.24) is 4.90 Å². The molecule has 0 aromatic carbocycles. The maximum Gasteiger partial charge on any atom is 0.469 e. The van der Waals surface area contributed by atoms with Crippen molar-refractivity contribution >= 4 is 19.7 Å². The number of likely N-dealkylation sites (tertiary alicyclic amines) is 1.